The van der Waals surface area contributed by atoms with Gasteiger partial charge >= 0.3 is 0 Å². The first kappa shape index (κ1) is 11.7. The average Bonchev–Trinajstić information content (AvgIpc) is 3.11. The quantitative estimate of drug-likeness (QED) is 0.842. The van der Waals surface area contributed by atoms with Gasteiger partial charge in [-0.05, 0) is 38.3 Å². The second kappa shape index (κ2) is 5.10. The zero-order chi connectivity index (χ0) is 12.4. The third-order valence-electron chi connectivity index (χ3n) is 4.03. The number of hydrogen-bond donors (Lipinski definition) is 1. The van der Waals surface area contributed by atoms with Crippen molar-refractivity contribution in [2.75, 3.05) is 19.6 Å². The molecule has 2 fully saturated rings. The van der Waals surface area contributed by atoms with E-state index in [2.05, 4.69) is 10.4 Å². The number of carbonyl (C=O) groups is 1. The van der Waals surface area contributed by atoms with E-state index in [0.717, 1.165) is 45.3 Å². The van der Waals surface area contributed by atoms with Crippen molar-refractivity contribution in [3.63, 3.8) is 0 Å². The Balaban J connectivity index is 1.55. The lowest BCUT2D eigenvalue weighted by molar-refractivity contribution is -0.134. The number of aromatic nitrogens is 2. The van der Waals surface area contributed by atoms with Crippen LogP contribution in [0, 0.1) is 0 Å². The second-order valence-electron chi connectivity index (χ2n) is 5.19. The van der Waals surface area contributed by atoms with Gasteiger partial charge in [0, 0.05) is 25.5 Å². The Morgan fingerprint density at radius 3 is 2.72 bits per heavy atom. The maximum atomic E-state index is 12.2. The van der Waals surface area contributed by atoms with Gasteiger partial charge in [0.25, 0.3) is 0 Å². The molecule has 2 aliphatic rings. The van der Waals surface area contributed by atoms with E-state index in [-0.39, 0.29) is 6.04 Å². The minimum absolute atomic E-state index is 0.0752. The summed E-state index contributed by atoms with van der Waals surface area (Å²) in [6, 6.07) is 2.49. The van der Waals surface area contributed by atoms with Crippen LogP contribution in [0.5, 0.6) is 0 Å². The average molecular weight is 248 g/mol. The number of likely N-dealkylation sites (tertiary alicyclic amines) is 1. The summed E-state index contributed by atoms with van der Waals surface area (Å²) in [5.41, 5.74) is 0. The molecule has 98 valence electrons. The molecule has 2 aliphatic heterocycles. The summed E-state index contributed by atoms with van der Waals surface area (Å²) in [4.78, 5) is 14.3. The van der Waals surface area contributed by atoms with E-state index in [1.165, 1.54) is 0 Å². The van der Waals surface area contributed by atoms with Crippen LogP contribution in [0.25, 0.3) is 0 Å². The number of piperidine rings is 1. The molecule has 3 rings (SSSR count). The summed E-state index contributed by atoms with van der Waals surface area (Å²) in [6.45, 7) is 2.71. The molecule has 2 saturated heterocycles. The molecule has 0 saturated carbocycles. The topological polar surface area (TPSA) is 50.2 Å². The number of nitrogens with one attached hydrogen (secondary N) is 1. The molecular formula is C13H20N4O. The van der Waals surface area contributed by atoms with Gasteiger partial charge in [-0.3, -0.25) is 9.48 Å². The van der Waals surface area contributed by atoms with Crippen LogP contribution in [0.4, 0.5) is 0 Å². The van der Waals surface area contributed by atoms with Crippen LogP contribution in [-0.4, -0.2) is 46.3 Å². The van der Waals surface area contributed by atoms with Gasteiger partial charge in [0.05, 0.1) is 12.1 Å². The van der Waals surface area contributed by atoms with Crippen molar-refractivity contribution in [2.45, 2.75) is 37.8 Å². The number of amides is 1. The number of rotatable bonds is 2. The van der Waals surface area contributed by atoms with E-state index in [9.17, 15) is 4.79 Å². The van der Waals surface area contributed by atoms with E-state index in [1.54, 1.807) is 0 Å². The smallest absolute Gasteiger partial charge is 0.239 e. The Kier molecular flexibility index (Phi) is 3.32. The highest BCUT2D eigenvalue weighted by molar-refractivity contribution is 5.82. The summed E-state index contributed by atoms with van der Waals surface area (Å²) in [5, 5.41) is 7.57. The molecule has 3 heterocycles. The summed E-state index contributed by atoms with van der Waals surface area (Å²) >= 11 is 0. The van der Waals surface area contributed by atoms with Gasteiger partial charge in [0.1, 0.15) is 0 Å². The fraction of sp³-hybridized carbons (Fsp3) is 0.692. The van der Waals surface area contributed by atoms with E-state index < -0.39 is 0 Å². The molecule has 1 atom stereocenters. The Hall–Kier alpha value is -1.36. The maximum absolute atomic E-state index is 12.2. The SMILES string of the molecule is O=C(C1CCCN1)N1CCC(n2cccn2)CC1. The van der Waals surface area contributed by atoms with Gasteiger partial charge < -0.3 is 10.2 Å². The molecule has 1 aromatic heterocycles. The van der Waals surface area contributed by atoms with E-state index in [1.807, 2.05) is 28.0 Å². The van der Waals surface area contributed by atoms with Crippen molar-refractivity contribution in [2.24, 2.45) is 0 Å². The summed E-state index contributed by atoms with van der Waals surface area (Å²) in [6.07, 6.45) is 7.99. The molecule has 5 heteroatoms. The highest BCUT2D eigenvalue weighted by atomic mass is 16.2. The minimum Gasteiger partial charge on any atom is -0.341 e. The molecule has 5 nitrogen and oxygen atoms in total. The van der Waals surface area contributed by atoms with E-state index >= 15 is 0 Å². The zero-order valence-corrected chi connectivity index (χ0v) is 10.6. The lowest BCUT2D eigenvalue weighted by Crippen LogP contribution is -2.47. The predicted molar refractivity (Wildman–Crippen MR) is 68.1 cm³/mol. The molecule has 0 bridgehead atoms. The van der Waals surface area contributed by atoms with Gasteiger partial charge in [0.2, 0.25) is 5.91 Å². The molecule has 1 unspecified atom stereocenters. The Morgan fingerprint density at radius 2 is 2.11 bits per heavy atom. The Bertz CT molecular complexity index is 389. The number of nitrogens with zero attached hydrogens (tertiary/aromatic N) is 3. The molecular weight excluding hydrogens is 228 g/mol. The largest absolute Gasteiger partial charge is 0.341 e. The minimum atomic E-state index is 0.0752. The molecule has 0 radical (unpaired) electrons. The van der Waals surface area contributed by atoms with Crippen LogP contribution in [0.15, 0.2) is 18.5 Å². The van der Waals surface area contributed by atoms with Crippen LogP contribution in [-0.2, 0) is 4.79 Å². The first-order valence-corrected chi connectivity index (χ1v) is 6.86. The summed E-state index contributed by atoms with van der Waals surface area (Å²) < 4.78 is 2.02. The van der Waals surface area contributed by atoms with Crippen LogP contribution in [0.1, 0.15) is 31.7 Å². The highest BCUT2D eigenvalue weighted by Gasteiger charge is 2.30. The molecule has 18 heavy (non-hydrogen) atoms. The van der Waals surface area contributed by atoms with Crippen molar-refractivity contribution in [1.29, 1.82) is 0 Å². The highest BCUT2D eigenvalue weighted by Crippen LogP contribution is 2.22. The second-order valence-corrected chi connectivity index (χ2v) is 5.19. The predicted octanol–water partition coefficient (Wildman–Crippen LogP) is 0.799. The standard InChI is InChI=1S/C13H20N4O/c18-13(12-3-1-6-14-12)16-9-4-11(5-10-16)17-8-2-7-15-17/h2,7-8,11-12,14H,1,3-6,9-10H2. The molecule has 1 aromatic rings. The van der Waals surface area contributed by atoms with Crippen molar-refractivity contribution in [3.8, 4) is 0 Å². The molecule has 1 N–H and O–H groups in total. The third kappa shape index (κ3) is 2.27. The lowest BCUT2D eigenvalue weighted by atomic mass is 10.0. The Labute approximate surface area is 107 Å². The van der Waals surface area contributed by atoms with Gasteiger partial charge in [-0.25, -0.2) is 0 Å². The summed E-state index contributed by atoms with van der Waals surface area (Å²) in [7, 11) is 0. The third-order valence-corrected chi connectivity index (χ3v) is 4.03. The first-order chi connectivity index (χ1) is 8.84. The fourth-order valence-corrected chi connectivity index (χ4v) is 2.96. The zero-order valence-electron chi connectivity index (χ0n) is 10.6. The van der Waals surface area contributed by atoms with Crippen LogP contribution in [0.2, 0.25) is 0 Å². The van der Waals surface area contributed by atoms with Crippen molar-refractivity contribution < 1.29 is 4.79 Å². The number of carbonyl (C=O) groups excluding carboxylic acids is 1. The van der Waals surface area contributed by atoms with Crippen molar-refractivity contribution in [1.82, 2.24) is 20.0 Å². The normalized spacial score (nSPS) is 25.6. The van der Waals surface area contributed by atoms with Crippen molar-refractivity contribution >= 4 is 5.91 Å². The molecule has 0 spiro atoms. The van der Waals surface area contributed by atoms with Gasteiger partial charge in [-0.15, -0.1) is 0 Å². The monoisotopic (exact) mass is 248 g/mol. The van der Waals surface area contributed by atoms with Crippen LogP contribution >= 0.6 is 0 Å². The Morgan fingerprint density at radius 1 is 1.28 bits per heavy atom. The van der Waals surface area contributed by atoms with E-state index in [0.29, 0.717) is 11.9 Å². The van der Waals surface area contributed by atoms with Gasteiger partial charge in [-0.1, -0.05) is 0 Å². The van der Waals surface area contributed by atoms with Crippen LogP contribution in [0.3, 0.4) is 0 Å². The van der Waals surface area contributed by atoms with E-state index in [4.69, 9.17) is 0 Å². The molecule has 0 aliphatic carbocycles. The molecule has 1 amide bonds. The summed E-state index contributed by atoms with van der Waals surface area (Å²) in [5.74, 6) is 0.298. The van der Waals surface area contributed by atoms with Gasteiger partial charge in [-0.2, -0.15) is 5.10 Å². The number of hydrogen-bond acceptors (Lipinski definition) is 3. The van der Waals surface area contributed by atoms with Crippen LogP contribution < -0.4 is 5.32 Å². The fourth-order valence-electron chi connectivity index (χ4n) is 2.96. The van der Waals surface area contributed by atoms with Crippen molar-refractivity contribution in [3.05, 3.63) is 18.5 Å². The first-order valence-electron chi connectivity index (χ1n) is 6.86. The molecule has 0 aromatic carbocycles. The van der Waals surface area contributed by atoms with Gasteiger partial charge in [0.15, 0.2) is 0 Å². The maximum Gasteiger partial charge on any atom is 0.239 e. The lowest BCUT2D eigenvalue weighted by Gasteiger charge is -2.33.